The van der Waals surface area contributed by atoms with Crippen LogP contribution in [0.25, 0.3) is 0 Å². The highest BCUT2D eigenvalue weighted by atomic mass is 79.9. The summed E-state index contributed by atoms with van der Waals surface area (Å²) in [7, 11) is 0. The molecule has 0 unspecified atom stereocenters. The van der Waals surface area contributed by atoms with E-state index in [4.69, 9.17) is 0 Å². The smallest absolute Gasteiger partial charge is 0.178 e. The van der Waals surface area contributed by atoms with E-state index in [2.05, 4.69) is 20.9 Å². The Morgan fingerprint density at radius 1 is 1.41 bits per heavy atom. The quantitative estimate of drug-likeness (QED) is 0.804. The summed E-state index contributed by atoms with van der Waals surface area (Å²) >= 11 is 4.91. The number of thiophene rings is 1. The van der Waals surface area contributed by atoms with Gasteiger partial charge in [-0.25, -0.2) is 0 Å². The predicted octanol–water partition coefficient (Wildman–Crippen LogP) is 3.95. The number of Topliss-reactive ketones (excluding diaryl/α,β-unsaturated/α-hetero) is 1. The van der Waals surface area contributed by atoms with Gasteiger partial charge < -0.3 is 0 Å². The van der Waals surface area contributed by atoms with Crippen LogP contribution >= 0.6 is 27.3 Å². The summed E-state index contributed by atoms with van der Waals surface area (Å²) in [4.78, 5) is 17.0. The van der Waals surface area contributed by atoms with Gasteiger partial charge in [-0.05, 0) is 53.0 Å². The molecule has 0 bridgehead atoms. The number of ketones is 1. The summed E-state index contributed by atoms with van der Waals surface area (Å²) in [5.41, 5.74) is 3.04. The Balaban J connectivity index is 2.14. The number of aromatic nitrogens is 1. The molecule has 4 heteroatoms. The molecule has 0 N–H and O–H groups in total. The molecule has 0 spiro atoms. The van der Waals surface area contributed by atoms with Gasteiger partial charge in [0.15, 0.2) is 5.78 Å². The summed E-state index contributed by atoms with van der Waals surface area (Å²) in [5, 5.41) is 0. The zero-order valence-corrected chi connectivity index (χ0v) is 12.1. The minimum atomic E-state index is 0.125. The molecule has 2 rings (SSSR count). The van der Waals surface area contributed by atoms with Crippen LogP contribution in [0.3, 0.4) is 0 Å². The topological polar surface area (TPSA) is 30.0 Å². The molecule has 0 aliphatic carbocycles. The molecule has 2 nitrogen and oxygen atoms in total. The summed E-state index contributed by atoms with van der Waals surface area (Å²) in [5.74, 6) is 0.125. The zero-order chi connectivity index (χ0) is 12.4. The number of hydrogen-bond acceptors (Lipinski definition) is 3. The van der Waals surface area contributed by atoms with Gasteiger partial charge in [-0.3, -0.25) is 9.78 Å². The van der Waals surface area contributed by atoms with Crippen molar-refractivity contribution in [1.82, 2.24) is 4.98 Å². The minimum absolute atomic E-state index is 0.125. The number of halogens is 1. The van der Waals surface area contributed by atoms with Gasteiger partial charge in [0.2, 0.25) is 0 Å². The third-order valence-corrected chi connectivity index (χ3v) is 4.62. The van der Waals surface area contributed by atoms with Crippen LogP contribution in [0.5, 0.6) is 0 Å². The Hall–Kier alpha value is -1.00. The van der Waals surface area contributed by atoms with Crippen LogP contribution in [-0.2, 0) is 6.42 Å². The molecule has 2 heterocycles. The highest BCUT2D eigenvalue weighted by Crippen LogP contribution is 2.28. The molecule has 2 aromatic heterocycles. The Morgan fingerprint density at radius 3 is 2.71 bits per heavy atom. The highest BCUT2D eigenvalue weighted by molar-refractivity contribution is 9.11. The van der Waals surface area contributed by atoms with Crippen LogP contribution in [0, 0.1) is 13.8 Å². The monoisotopic (exact) mass is 309 g/mol. The van der Waals surface area contributed by atoms with Crippen LogP contribution in [-0.4, -0.2) is 10.8 Å². The number of rotatable bonds is 3. The molecule has 0 fully saturated rings. The lowest BCUT2D eigenvalue weighted by molar-refractivity contribution is 0.0995. The number of aryl methyl sites for hydroxylation is 2. The molecule has 0 amide bonds. The number of carbonyl (C=O) groups excluding carboxylic acids is 1. The molecule has 2 aromatic rings. The Labute approximate surface area is 113 Å². The van der Waals surface area contributed by atoms with Gasteiger partial charge in [-0.1, -0.05) is 6.07 Å². The molecule has 0 radical (unpaired) electrons. The summed E-state index contributed by atoms with van der Waals surface area (Å²) in [6.45, 7) is 3.97. The first kappa shape index (κ1) is 12.5. The fourth-order valence-corrected chi connectivity index (χ4v) is 2.92. The van der Waals surface area contributed by atoms with Crippen molar-refractivity contribution in [3.8, 4) is 0 Å². The molecule has 0 aliphatic rings. The zero-order valence-electron chi connectivity index (χ0n) is 9.66. The largest absolute Gasteiger partial charge is 0.293 e. The molecule has 17 heavy (non-hydrogen) atoms. The number of carbonyl (C=O) groups is 1. The maximum Gasteiger partial charge on any atom is 0.178 e. The van der Waals surface area contributed by atoms with Gasteiger partial charge in [-0.15, -0.1) is 11.3 Å². The van der Waals surface area contributed by atoms with Crippen LogP contribution in [0.1, 0.15) is 26.5 Å². The van der Waals surface area contributed by atoms with Crippen molar-refractivity contribution in [2.24, 2.45) is 0 Å². The van der Waals surface area contributed by atoms with E-state index in [1.165, 1.54) is 11.3 Å². The fraction of sp³-hybridized carbons (Fsp3) is 0.231. The lowest BCUT2D eigenvalue weighted by Gasteiger charge is -1.98. The molecular formula is C13H12BrNOS. The summed E-state index contributed by atoms with van der Waals surface area (Å²) < 4.78 is 1.03. The van der Waals surface area contributed by atoms with Crippen LogP contribution in [0.4, 0.5) is 0 Å². The first-order chi connectivity index (χ1) is 8.06. The minimum Gasteiger partial charge on any atom is -0.293 e. The molecular weight excluding hydrogens is 298 g/mol. The second-order valence-corrected chi connectivity index (χ2v) is 6.36. The Morgan fingerprint density at radius 2 is 2.18 bits per heavy atom. The summed E-state index contributed by atoms with van der Waals surface area (Å²) in [6, 6.07) is 5.80. The van der Waals surface area contributed by atoms with E-state index in [0.717, 1.165) is 25.5 Å². The van der Waals surface area contributed by atoms with Gasteiger partial charge >= 0.3 is 0 Å². The first-order valence-corrected chi connectivity index (χ1v) is 6.88. The van der Waals surface area contributed by atoms with E-state index < -0.39 is 0 Å². The lowest BCUT2D eigenvalue weighted by Crippen LogP contribution is -2.02. The fourth-order valence-electron chi connectivity index (χ4n) is 1.45. The van der Waals surface area contributed by atoms with Crippen molar-refractivity contribution in [2.75, 3.05) is 0 Å². The first-order valence-electron chi connectivity index (χ1n) is 5.27. The van der Waals surface area contributed by atoms with Gasteiger partial charge in [0, 0.05) is 11.9 Å². The second kappa shape index (κ2) is 5.10. The molecule has 0 aliphatic heterocycles. The van der Waals surface area contributed by atoms with Crippen molar-refractivity contribution in [1.29, 1.82) is 0 Å². The van der Waals surface area contributed by atoms with E-state index in [9.17, 15) is 4.79 Å². The Bertz CT molecular complexity index is 526. The lowest BCUT2D eigenvalue weighted by atomic mass is 10.1. The third kappa shape index (κ3) is 3.01. The van der Waals surface area contributed by atoms with Crippen LogP contribution < -0.4 is 0 Å². The number of nitrogens with zero attached hydrogens (tertiary/aromatic N) is 1. The average molecular weight is 310 g/mol. The van der Waals surface area contributed by atoms with Crippen LogP contribution in [0.15, 0.2) is 28.2 Å². The van der Waals surface area contributed by atoms with Gasteiger partial charge in [0.25, 0.3) is 0 Å². The maximum atomic E-state index is 12.0. The van der Waals surface area contributed by atoms with E-state index in [-0.39, 0.29) is 5.78 Å². The highest BCUT2D eigenvalue weighted by Gasteiger charge is 2.12. The van der Waals surface area contributed by atoms with Crippen molar-refractivity contribution >= 4 is 33.0 Å². The number of hydrogen-bond donors (Lipinski definition) is 0. The van der Waals surface area contributed by atoms with E-state index in [1.807, 2.05) is 32.0 Å². The molecule has 0 aromatic carbocycles. The van der Waals surface area contributed by atoms with E-state index >= 15 is 0 Å². The van der Waals surface area contributed by atoms with Crippen molar-refractivity contribution in [2.45, 2.75) is 20.3 Å². The third-order valence-electron chi connectivity index (χ3n) is 2.45. The predicted molar refractivity (Wildman–Crippen MR) is 73.8 cm³/mol. The van der Waals surface area contributed by atoms with E-state index in [0.29, 0.717) is 6.42 Å². The molecule has 88 valence electrons. The van der Waals surface area contributed by atoms with Crippen molar-refractivity contribution in [3.63, 3.8) is 0 Å². The van der Waals surface area contributed by atoms with Crippen LogP contribution in [0.2, 0.25) is 0 Å². The molecule has 0 saturated carbocycles. The normalized spacial score (nSPS) is 10.5. The molecule has 0 atom stereocenters. The average Bonchev–Trinajstić information content (AvgIpc) is 2.63. The second-order valence-electron chi connectivity index (χ2n) is 3.99. The number of pyridine rings is 1. The van der Waals surface area contributed by atoms with E-state index in [1.54, 1.807) is 6.20 Å². The van der Waals surface area contributed by atoms with Crippen molar-refractivity contribution < 1.29 is 4.79 Å². The van der Waals surface area contributed by atoms with Gasteiger partial charge in [-0.2, -0.15) is 0 Å². The van der Waals surface area contributed by atoms with Gasteiger partial charge in [0.05, 0.1) is 15.1 Å². The standard InChI is InChI=1S/C13H12BrNOS/c1-8-3-4-10(15-7-8)6-11(16)12-5-9(2)13(14)17-12/h3-5,7H,6H2,1-2H3. The maximum absolute atomic E-state index is 12.0. The van der Waals surface area contributed by atoms with Crippen molar-refractivity contribution in [3.05, 3.63) is 49.9 Å². The molecule has 0 saturated heterocycles. The van der Waals surface area contributed by atoms with Gasteiger partial charge in [0.1, 0.15) is 0 Å². The summed E-state index contributed by atoms with van der Waals surface area (Å²) in [6.07, 6.45) is 2.16. The Kier molecular flexibility index (Phi) is 3.74. The SMILES string of the molecule is Cc1ccc(CC(=O)c2cc(C)c(Br)s2)nc1.